The van der Waals surface area contributed by atoms with Gasteiger partial charge in [-0.05, 0) is 66.3 Å². The van der Waals surface area contributed by atoms with Crippen LogP contribution in [0, 0.1) is 12.7 Å². The van der Waals surface area contributed by atoms with Crippen LogP contribution in [0.5, 0.6) is 0 Å². The molecule has 1 fully saturated rings. The Kier molecular flexibility index (Phi) is 7.41. The van der Waals surface area contributed by atoms with Gasteiger partial charge in [-0.1, -0.05) is 64.5 Å². The van der Waals surface area contributed by atoms with Crippen LogP contribution < -0.4 is 0 Å². The molecule has 1 aliphatic rings. The summed E-state index contributed by atoms with van der Waals surface area (Å²) in [4.78, 5) is 2.34. The van der Waals surface area contributed by atoms with E-state index in [2.05, 4.69) is 33.8 Å². The van der Waals surface area contributed by atoms with Gasteiger partial charge in [-0.3, -0.25) is 0 Å². The number of benzene rings is 3. The van der Waals surface area contributed by atoms with E-state index < -0.39 is 5.60 Å². The first-order valence-electron chi connectivity index (χ1n) is 11.1. The molecule has 4 rings (SSSR count). The van der Waals surface area contributed by atoms with Gasteiger partial charge in [0, 0.05) is 24.1 Å². The molecule has 0 radical (unpaired) electrons. The molecule has 1 saturated heterocycles. The molecule has 3 aromatic carbocycles. The summed E-state index contributed by atoms with van der Waals surface area (Å²) in [6.45, 7) is 5.06. The standard InChI is InChI=1S/C27H29BrFNO2/c1-20-4-2-3-5-25(20)27(31)14-16-30(17-15-27)18-19-32-26(21-6-10-23(28)11-7-21)22-8-12-24(29)13-9-22/h2-13,26,31H,14-19H2,1H3. The van der Waals surface area contributed by atoms with Gasteiger partial charge in [-0.25, -0.2) is 4.39 Å². The lowest BCUT2D eigenvalue weighted by Gasteiger charge is -2.39. The fourth-order valence-electron chi connectivity index (χ4n) is 4.47. The third-order valence-corrected chi connectivity index (χ3v) is 6.90. The molecule has 0 aromatic heterocycles. The quantitative estimate of drug-likeness (QED) is 0.435. The predicted octanol–water partition coefficient (Wildman–Crippen LogP) is 5.99. The van der Waals surface area contributed by atoms with Gasteiger partial charge >= 0.3 is 0 Å². The highest BCUT2D eigenvalue weighted by Gasteiger charge is 2.34. The fraction of sp³-hybridized carbons (Fsp3) is 0.333. The topological polar surface area (TPSA) is 32.7 Å². The summed E-state index contributed by atoms with van der Waals surface area (Å²) < 4.78 is 20.8. The molecule has 168 valence electrons. The Balaban J connectivity index is 1.37. The average molecular weight is 498 g/mol. The number of aliphatic hydroxyl groups is 1. The zero-order valence-electron chi connectivity index (χ0n) is 18.3. The van der Waals surface area contributed by atoms with Crippen LogP contribution in [0.15, 0.2) is 77.3 Å². The minimum Gasteiger partial charge on any atom is -0.385 e. The number of likely N-dealkylation sites (tertiary alicyclic amines) is 1. The Morgan fingerprint density at radius 3 is 2.19 bits per heavy atom. The number of ether oxygens (including phenoxy) is 1. The van der Waals surface area contributed by atoms with E-state index in [9.17, 15) is 9.50 Å². The van der Waals surface area contributed by atoms with Crippen LogP contribution in [0.25, 0.3) is 0 Å². The van der Waals surface area contributed by atoms with Crippen LogP contribution in [0.2, 0.25) is 0 Å². The summed E-state index contributed by atoms with van der Waals surface area (Å²) in [5, 5.41) is 11.2. The maximum atomic E-state index is 13.4. The minimum absolute atomic E-state index is 0.252. The van der Waals surface area contributed by atoms with E-state index in [1.54, 1.807) is 12.1 Å². The van der Waals surface area contributed by atoms with Crippen molar-refractivity contribution in [2.75, 3.05) is 26.2 Å². The molecule has 1 aliphatic heterocycles. The summed E-state index contributed by atoms with van der Waals surface area (Å²) in [5.74, 6) is -0.252. The lowest BCUT2D eigenvalue weighted by atomic mass is 9.82. The summed E-state index contributed by atoms with van der Waals surface area (Å²) in [6.07, 6.45) is 1.18. The van der Waals surface area contributed by atoms with Crippen LogP contribution in [-0.4, -0.2) is 36.2 Å². The number of piperidine rings is 1. The number of halogens is 2. The Labute approximate surface area is 198 Å². The molecule has 0 spiro atoms. The SMILES string of the molecule is Cc1ccccc1C1(O)CCN(CCOC(c2ccc(F)cc2)c2ccc(Br)cc2)CC1. The molecule has 1 atom stereocenters. The second-order valence-electron chi connectivity index (χ2n) is 8.54. The van der Waals surface area contributed by atoms with Crippen molar-refractivity contribution in [3.05, 3.63) is 105 Å². The van der Waals surface area contributed by atoms with Crippen molar-refractivity contribution in [2.45, 2.75) is 31.5 Å². The molecule has 1 N–H and O–H groups in total. The molecule has 1 heterocycles. The number of hydrogen-bond acceptors (Lipinski definition) is 3. The Morgan fingerprint density at radius 2 is 1.56 bits per heavy atom. The van der Waals surface area contributed by atoms with E-state index in [1.807, 2.05) is 42.5 Å². The first kappa shape index (κ1) is 23.1. The highest BCUT2D eigenvalue weighted by molar-refractivity contribution is 9.10. The van der Waals surface area contributed by atoms with E-state index >= 15 is 0 Å². The van der Waals surface area contributed by atoms with E-state index in [1.165, 1.54) is 12.1 Å². The average Bonchev–Trinajstić information content (AvgIpc) is 2.80. The second kappa shape index (κ2) is 10.3. The van der Waals surface area contributed by atoms with E-state index in [4.69, 9.17) is 4.74 Å². The van der Waals surface area contributed by atoms with Gasteiger partial charge in [0.25, 0.3) is 0 Å². The molecule has 3 nitrogen and oxygen atoms in total. The minimum atomic E-state index is -0.753. The zero-order chi connectivity index (χ0) is 22.6. The largest absolute Gasteiger partial charge is 0.385 e. The van der Waals surface area contributed by atoms with Gasteiger partial charge < -0.3 is 14.7 Å². The van der Waals surface area contributed by atoms with Crippen molar-refractivity contribution >= 4 is 15.9 Å². The predicted molar refractivity (Wildman–Crippen MR) is 129 cm³/mol. The lowest BCUT2D eigenvalue weighted by molar-refractivity contribution is -0.0343. The fourth-order valence-corrected chi connectivity index (χ4v) is 4.73. The maximum Gasteiger partial charge on any atom is 0.123 e. The number of nitrogens with zero attached hydrogens (tertiary/aromatic N) is 1. The van der Waals surface area contributed by atoms with Gasteiger partial charge in [-0.2, -0.15) is 0 Å². The second-order valence-corrected chi connectivity index (χ2v) is 9.46. The summed E-state index contributed by atoms with van der Waals surface area (Å²) in [6, 6.07) is 22.7. The van der Waals surface area contributed by atoms with E-state index in [0.717, 1.165) is 46.4 Å². The number of rotatable bonds is 7. The van der Waals surface area contributed by atoms with Crippen molar-refractivity contribution in [2.24, 2.45) is 0 Å². The number of hydrogen-bond donors (Lipinski definition) is 1. The number of aryl methyl sites for hydroxylation is 1. The molecule has 1 unspecified atom stereocenters. The molecular weight excluding hydrogens is 469 g/mol. The molecule has 32 heavy (non-hydrogen) atoms. The Morgan fingerprint density at radius 1 is 0.969 bits per heavy atom. The van der Waals surface area contributed by atoms with E-state index in [-0.39, 0.29) is 11.9 Å². The van der Waals surface area contributed by atoms with Gasteiger partial charge in [0.15, 0.2) is 0 Å². The lowest BCUT2D eigenvalue weighted by Crippen LogP contribution is -2.44. The third-order valence-electron chi connectivity index (χ3n) is 6.37. The van der Waals surface area contributed by atoms with Crippen LogP contribution in [-0.2, 0) is 10.3 Å². The van der Waals surface area contributed by atoms with Crippen LogP contribution in [0.1, 0.15) is 41.2 Å². The molecule has 0 bridgehead atoms. The van der Waals surface area contributed by atoms with Crippen LogP contribution in [0.4, 0.5) is 4.39 Å². The van der Waals surface area contributed by atoms with Crippen molar-refractivity contribution in [1.82, 2.24) is 4.90 Å². The molecule has 0 amide bonds. The van der Waals surface area contributed by atoms with Crippen molar-refractivity contribution < 1.29 is 14.2 Å². The molecular formula is C27H29BrFNO2. The van der Waals surface area contributed by atoms with Gasteiger partial charge in [0.1, 0.15) is 11.9 Å². The van der Waals surface area contributed by atoms with E-state index in [0.29, 0.717) is 19.4 Å². The van der Waals surface area contributed by atoms with Crippen molar-refractivity contribution in [1.29, 1.82) is 0 Å². The summed E-state index contributed by atoms with van der Waals surface area (Å²) in [7, 11) is 0. The van der Waals surface area contributed by atoms with Gasteiger partial charge in [-0.15, -0.1) is 0 Å². The smallest absolute Gasteiger partial charge is 0.123 e. The summed E-state index contributed by atoms with van der Waals surface area (Å²) in [5.41, 5.74) is 3.40. The molecule has 3 aromatic rings. The third kappa shape index (κ3) is 5.46. The first-order chi connectivity index (χ1) is 15.4. The highest BCUT2D eigenvalue weighted by Crippen LogP contribution is 2.34. The maximum absolute atomic E-state index is 13.4. The Hall–Kier alpha value is -2.05. The Bertz CT molecular complexity index is 969. The van der Waals surface area contributed by atoms with Crippen LogP contribution >= 0.6 is 15.9 Å². The normalized spacial score (nSPS) is 17.2. The van der Waals surface area contributed by atoms with Crippen molar-refractivity contribution in [3.63, 3.8) is 0 Å². The molecule has 5 heteroatoms. The van der Waals surface area contributed by atoms with Gasteiger partial charge in [0.2, 0.25) is 0 Å². The first-order valence-corrected chi connectivity index (χ1v) is 11.9. The molecule has 0 aliphatic carbocycles. The van der Waals surface area contributed by atoms with Crippen LogP contribution in [0.3, 0.4) is 0 Å². The van der Waals surface area contributed by atoms with Gasteiger partial charge in [0.05, 0.1) is 12.2 Å². The molecule has 0 saturated carbocycles. The monoisotopic (exact) mass is 497 g/mol. The van der Waals surface area contributed by atoms with Crippen molar-refractivity contribution in [3.8, 4) is 0 Å². The zero-order valence-corrected chi connectivity index (χ0v) is 19.9. The summed E-state index contributed by atoms with van der Waals surface area (Å²) >= 11 is 3.48. The highest BCUT2D eigenvalue weighted by atomic mass is 79.9.